The average Bonchev–Trinajstić information content (AvgIpc) is 3.49. The third-order valence-electron chi connectivity index (χ3n) is 6.83. The standard InChI is InChI=1S/C27H27N5O2/c1-27(2)17-32(24-8-7-18(11-23(24)27)9-20-14-29-30(3)15-20)26(34)21-12-25(33)31(16-21)22-6-4-5-19(10-22)13-28/h4-8,10-11,14-15,21H,9,12,16-17H2,1-3H3/t21-/m0/s1. The third-order valence-corrected chi connectivity index (χ3v) is 6.83. The van der Waals surface area contributed by atoms with E-state index in [-0.39, 0.29) is 23.7 Å². The zero-order valence-corrected chi connectivity index (χ0v) is 19.7. The number of amides is 2. The Hall–Kier alpha value is -3.92. The van der Waals surface area contributed by atoms with Gasteiger partial charge in [-0.3, -0.25) is 14.3 Å². The van der Waals surface area contributed by atoms with Crippen molar-refractivity contribution in [3.8, 4) is 6.07 Å². The summed E-state index contributed by atoms with van der Waals surface area (Å²) in [7, 11) is 1.91. The van der Waals surface area contributed by atoms with Crippen LogP contribution in [0, 0.1) is 17.2 Å². The molecule has 7 heteroatoms. The quantitative estimate of drug-likeness (QED) is 0.605. The van der Waals surface area contributed by atoms with Gasteiger partial charge in [-0.25, -0.2) is 0 Å². The molecule has 5 rings (SSSR count). The third kappa shape index (κ3) is 3.86. The van der Waals surface area contributed by atoms with Crippen molar-refractivity contribution in [2.45, 2.75) is 32.1 Å². The number of aromatic nitrogens is 2. The van der Waals surface area contributed by atoms with Gasteiger partial charge in [0.2, 0.25) is 11.8 Å². The van der Waals surface area contributed by atoms with Crippen molar-refractivity contribution in [1.82, 2.24) is 9.78 Å². The van der Waals surface area contributed by atoms with Gasteiger partial charge in [-0.05, 0) is 41.0 Å². The van der Waals surface area contributed by atoms with Crippen LogP contribution in [-0.2, 0) is 28.5 Å². The van der Waals surface area contributed by atoms with Gasteiger partial charge in [-0.1, -0.05) is 32.0 Å². The molecule has 3 heterocycles. The van der Waals surface area contributed by atoms with Crippen LogP contribution in [0.4, 0.5) is 11.4 Å². The first kappa shape index (κ1) is 21.9. The molecular weight excluding hydrogens is 426 g/mol. The lowest BCUT2D eigenvalue weighted by atomic mass is 9.85. The van der Waals surface area contributed by atoms with E-state index in [4.69, 9.17) is 0 Å². The van der Waals surface area contributed by atoms with E-state index in [1.165, 1.54) is 5.56 Å². The maximum Gasteiger partial charge on any atom is 0.232 e. The molecule has 0 radical (unpaired) electrons. The van der Waals surface area contributed by atoms with Gasteiger partial charge in [-0.15, -0.1) is 0 Å². The fourth-order valence-electron chi connectivity index (χ4n) is 5.12. The first-order valence-corrected chi connectivity index (χ1v) is 11.5. The molecule has 0 bridgehead atoms. The number of fused-ring (bicyclic) bond motifs is 1. The Morgan fingerprint density at radius 2 is 2.03 bits per heavy atom. The van der Waals surface area contributed by atoms with Crippen LogP contribution in [0.3, 0.4) is 0 Å². The minimum absolute atomic E-state index is 0.0147. The van der Waals surface area contributed by atoms with Gasteiger partial charge in [0.15, 0.2) is 0 Å². The van der Waals surface area contributed by atoms with Gasteiger partial charge >= 0.3 is 0 Å². The lowest BCUT2D eigenvalue weighted by Crippen LogP contribution is -2.39. The van der Waals surface area contributed by atoms with E-state index in [2.05, 4.69) is 37.1 Å². The molecule has 1 fully saturated rings. The van der Waals surface area contributed by atoms with Crippen LogP contribution in [0.2, 0.25) is 0 Å². The molecule has 3 aromatic rings. The lowest BCUT2D eigenvalue weighted by molar-refractivity contribution is -0.124. The van der Waals surface area contributed by atoms with Crippen molar-refractivity contribution >= 4 is 23.2 Å². The summed E-state index contributed by atoms with van der Waals surface area (Å²) in [6, 6.07) is 15.4. The summed E-state index contributed by atoms with van der Waals surface area (Å²) >= 11 is 0. The maximum absolute atomic E-state index is 13.6. The van der Waals surface area contributed by atoms with E-state index < -0.39 is 5.92 Å². The molecular formula is C27H27N5O2. The van der Waals surface area contributed by atoms with Crippen molar-refractivity contribution in [3.05, 3.63) is 77.1 Å². The number of rotatable bonds is 4. The summed E-state index contributed by atoms with van der Waals surface area (Å²) < 4.78 is 1.80. The van der Waals surface area contributed by atoms with Gasteiger partial charge in [0.05, 0.1) is 23.7 Å². The van der Waals surface area contributed by atoms with Crippen LogP contribution in [0.1, 0.15) is 42.5 Å². The summed E-state index contributed by atoms with van der Waals surface area (Å²) in [6.07, 6.45) is 4.87. The van der Waals surface area contributed by atoms with Crippen LogP contribution >= 0.6 is 0 Å². The molecule has 172 valence electrons. The monoisotopic (exact) mass is 453 g/mol. The van der Waals surface area contributed by atoms with Crippen molar-refractivity contribution in [3.63, 3.8) is 0 Å². The highest BCUT2D eigenvalue weighted by molar-refractivity contribution is 6.05. The number of hydrogen-bond donors (Lipinski definition) is 0. The van der Waals surface area contributed by atoms with Crippen LogP contribution in [0.25, 0.3) is 0 Å². The summed E-state index contributed by atoms with van der Waals surface area (Å²) in [5, 5.41) is 13.4. The van der Waals surface area contributed by atoms with Gasteiger partial charge in [0.1, 0.15) is 0 Å². The van der Waals surface area contributed by atoms with Gasteiger partial charge < -0.3 is 9.80 Å². The van der Waals surface area contributed by atoms with Crippen molar-refractivity contribution in [2.75, 3.05) is 22.9 Å². The van der Waals surface area contributed by atoms with Gasteiger partial charge in [0.25, 0.3) is 0 Å². The largest absolute Gasteiger partial charge is 0.312 e. The Kier molecular flexibility index (Phi) is 5.24. The summed E-state index contributed by atoms with van der Waals surface area (Å²) in [6.45, 7) is 5.24. The van der Waals surface area contributed by atoms with Crippen LogP contribution < -0.4 is 9.80 Å². The zero-order chi connectivity index (χ0) is 24.0. The molecule has 1 aromatic heterocycles. The summed E-state index contributed by atoms with van der Waals surface area (Å²) in [5.74, 6) is -0.506. The topological polar surface area (TPSA) is 82.2 Å². The molecule has 0 N–H and O–H groups in total. The summed E-state index contributed by atoms with van der Waals surface area (Å²) in [5.41, 5.74) is 5.41. The minimum atomic E-state index is -0.407. The second-order valence-electron chi connectivity index (χ2n) is 9.93. The Morgan fingerprint density at radius 1 is 1.21 bits per heavy atom. The van der Waals surface area contributed by atoms with Crippen LogP contribution in [0.5, 0.6) is 0 Å². The van der Waals surface area contributed by atoms with Crippen molar-refractivity contribution in [2.24, 2.45) is 13.0 Å². The molecule has 2 aliphatic rings. The first-order chi connectivity index (χ1) is 16.2. The van der Waals surface area contributed by atoms with Crippen molar-refractivity contribution in [1.29, 1.82) is 5.26 Å². The van der Waals surface area contributed by atoms with Gasteiger partial charge in [-0.2, -0.15) is 10.4 Å². The van der Waals surface area contributed by atoms with E-state index in [0.29, 0.717) is 24.3 Å². The Bertz CT molecular complexity index is 1330. The molecule has 0 aliphatic carbocycles. The van der Waals surface area contributed by atoms with E-state index >= 15 is 0 Å². The average molecular weight is 454 g/mol. The highest BCUT2D eigenvalue weighted by Gasteiger charge is 2.43. The number of hydrogen-bond acceptors (Lipinski definition) is 4. The van der Waals surface area contributed by atoms with Crippen LogP contribution in [0.15, 0.2) is 54.9 Å². The fourth-order valence-corrected chi connectivity index (χ4v) is 5.12. The zero-order valence-electron chi connectivity index (χ0n) is 19.7. The van der Waals surface area contributed by atoms with E-state index in [0.717, 1.165) is 23.2 Å². The minimum Gasteiger partial charge on any atom is -0.312 e. The molecule has 34 heavy (non-hydrogen) atoms. The van der Waals surface area contributed by atoms with E-state index in [9.17, 15) is 14.9 Å². The SMILES string of the molecule is Cn1cc(Cc2ccc3c(c2)C(C)(C)CN3C(=O)[C@H]2CC(=O)N(c3cccc(C#N)c3)C2)cn1. The van der Waals surface area contributed by atoms with Crippen LogP contribution in [-0.4, -0.2) is 34.7 Å². The molecule has 1 saturated heterocycles. The predicted molar refractivity (Wildman–Crippen MR) is 129 cm³/mol. The summed E-state index contributed by atoms with van der Waals surface area (Å²) in [4.78, 5) is 29.9. The molecule has 0 saturated carbocycles. The normalized spacial score (nSPS) is 18.8. The molecule has 2 aromatic carbocycles. The maximum atomic E-state index is 13.6. The van der Waals surface area contributed by atoms with Gasteiger partial charge in [0, 0.05) is 56.0 Å². The highest BCUT2D eigenvalue weighted by atomic mass is 16.2. The number of nitriles is 1. The Balaban J connectivity index is 1.37. The highest BCUT2D eigenvalue weighted by Crippen LogP contribution is 2.42. The Labute approximate surface area is 199 Å². The number of nitrogens with zero attached hydrogens (tertiary/aromatic N) is 5. The first-order valence-electron chi connectivity index (χ1n) is 11.5. The number of carbonyl (C=O) groups excluding carboxylic acids is 2. The second kappa shape index (κ2) is 8.14. The molecule has 1 atom stereocenters. The second-order valence-corrected chi connectivity index (χ2v) is 9.93. The lowest BCUT2D eigenvalue weighted by Gasteiger charge is -2.23. The molecule has 0 spiro atoms. The number of carbonyl (C=O) groups is 2. The fraction of sp³-hybridized carbons (Fsp3) is 0.333. The molecule has 2 amide bonds. The molecule has 7 nitrogen and oxygen atoms in total. The Morgan fingerprint density at radius 3 is 2.76 bits per heavy atom. The number of benzene rings is 2. The molecule has 0 unspecified atom stereocenters. The number of anilines is 2. The smallest absolute Gasteiger partial charge is 0.232 e. The molecule has 2 aliphatic heterocycles. The van der Waals surface area contributed by atoms with E-state index in [1.54, 1.807) is 27.8 Å². The van der Waals surface area contributed by atoms with E-state index in [1.807, 2.05) is 36.5 Å². The predicted octanol–water partition coefficient (Wildman–Crippen LogP) is 3.56. The van der Waals surface area contributed by atoms with Crippen molar-refractivity contribution < 1.29 is 9.59 Å². The number of aryl methyl sites for hydroxylation is 1.